The van der Waals surface area contributed by atoms with Crippen molar-refractivity contribution < 1.29 is 14.4 Å². The summed E-state index contributed by atoms with van der Waals surface area (Å²) in [4.78, 5) is 38.3. The van der Waals surface area contributed by atoms with E-state index in [-0.39, 0.29) is 24.1 Å². The van der Waals surface area contributed by atoms with Crippen LogP contribution in [0.4, 0.5) is 0 Å². The molecule has 0 aliphatic carbocycles. The number of nitrogens with zero attached hydrogens (tertiary/aromatic N) is 1. The molecule has 0 aromatic carbocycles. The topological polar surface area (TPSA) is 66.5 Å². The molecular formula is C15H20N2O3S. The fourth-order valence-electron chi connectivity index (χ4n) is 2.52. The minimum Gasteiger partial charge on any atom is -0.347 e. The van der Waals surface area contributed by atoms with Crippen molar-refractivity contribution in [1.29, 1.82) is 0 Å². The van der Waals surface area contributed by atoms with E-state index in [1.54, 1.807) is 17.9 Å². The monoisotopic (exact) mass is 308 g/mol. The lowest BCUT2D eigenvalue weighted by molar-refractivity contribution is -0.141. The van der Waals surface area contributed by atoms with Gasteiger partial charge in [-0.05, 0) is 30.7 Å². The highest BCUT2D eigenvalue weighted by molar-refractivity contribution is 7.12. The zero-order valence-corrected chi connectivity index (χ0v) is 12.9. The molecule has 1 atom stereocenters. The van der Waals surface area contributed by atoms with Crippen LogP contribution >= 0.6 is 11.3 Å². The van der Waals surface area contributed by atoms with Crippen LogP contribution in [0, 0.1) is 0 Å². The van der Waals surface area contributed by atoms with Gasteiger partial charge >= 0.3 is 0 Å². The molecule has 0 bridgehead atoms. The van der Waals surface area contributed by atoms with Gasteiger partial charge in [-0.15, -0.1) is 11.3 Å². The lowest BCUT2D eigenvalue weighted by Crippen LogP contribution is -2.52. The van der Waals surface area contributed by atoms with E-state index in [1.165, 1.54) is 11.3 Å². The van der Waals surface area contributed by atoms with Gasteiger partial charge in [0.15, 0.2) is 5.78 Å². The number of nitrogens with one attached hydrogen (secondary N) is 1. The first kappa shape index (κ1) is 15.7. The van der Waals surface area contributed by atoms with E-state index in [0.29, 0.717) is 24.3 Å². The second-order valence-electron chi connectivity index (χ2n) is 5.07. The Balaban J connectivity index is 1.92. The van der Waals surface area contributed by atoms with Gasteiger partial charge in [-0.3, -0.25) is 14.4 Å². The maximum atomic E-state index is 12.2. The number of rotatable bonds is 5. The molecule has 0 spiro atoms. The molecular weight excluding hydrogens is 288 g/mol. The summed E-state index contributed by atoms with van der Waals surface area (Å²) in [6.07, 6.45) is 2.94. The van der Waals surface area contributed by atoms with E-state index < -0.39 is 6.04 Å². The maximum Gasteiger partial charge on any atom is 0.243 e. The first-order valence-electron chi connectivity index (χ1n) is 7.27. The molecule has 2 amide bonds. The van der Waals surface area contributed by atoms with Gasteiger partial charge in [0, 0.05) is 13.0 Å². The van der Waals surface area contributed by atoms with E-state index in [2.05, 4.69) is 5.32 Å². The summed E-state index contributed by atoms with van der Waals surface area (Å²) in [6.45, 7) is 2.42. The Labute approximate surface area is 128 Å². The van der Waals surface area contributed by atoms with Gasteiger partial charge in [-0.2, -0.15) is 0 Å². The van der Waals surface area contributed by atoms with Gasteiger partial charge < -0.3 is 10.2 Å². The largest absolute Gasteiger partial charge is 0.347 e. The van der Waals surface area contributed by atoms with Gasteiger partial charge in [0.05, 0.1) is 11.4 Å². The third-order valence-electron chi connectivity index (χ3n) is 3.65. The van der Waals surface area contributed by atoms with Gasteiger partial charge in [0.1, 0.15) is 6.04 Å². The van der Waals surface area contributed by atoms with E-state index >= 15 is 0 Å². The Morgan fingerprint density at radius 1 is 1.38 bits per heavy atom. The summed E-state index contributed by atoms with van der Waals surface area (Å²) in [5.41, 5.74) is 0. The Hall–Kier alpha value is -1.69. The molecule has 5 nitrogen and oxygen atoms in total. The van der Waals surface area contributed by atoms with Crippen LogP contribution in [0.25, 0.3) is 0 Å². The van der Waals surface area contributed by atoms with Crippen molar-refractivity contribution in [2.75, 3.05) is 13.1 Å². The van der Waals surface area contributed by atoms with Gasteiger partial charge in [0.25, 0.3) is 0 Å². The predicted octanol–water partition coefficient (Wildman–Crippen LogP) is 1.84. The summed E-state index contributed by atoms with van der Waals surface area (Å²) in [6, 6.07) is 3.12. The lowest BCUT2D eigenvalue weighted by atomic mass is 10.0. The van der Waals surface area contributed by atoms with Crippen molar-refractivity contribution in [3.8, 4) is 0 Å². The van der Waals surface area contributed by atoms with Crippen molar-refractivity contribution in [1.82, 2.24) is 10.2 Å². The summed E-state index contributed by atoms with van der Waals surface area (Å²) < 4.78 is 0. The molecule has 21 heavy (non-hydrogen) atoms. The Bertz CT molecular complexity index is 513. The molecule has 1 aliphatic rings. The molecule has 0 saturated carbocycles. The zero-order chi connectivity index (χ0) is 15.2. The molecule has 1 N–H and O–H groups in total. The minimum atomic E-state index is -0.428. The Morgan fingerprint density at radius 2 is 2.19 bits per heavy atom. The number of likely N-dealkylation sites (tertiary alicyclic amines) is 1. The molecule has 1 saturated heterocycles. The van der Waals surface area contributed by atoms with Crippen LogP contribution in [0.1, 0.15) is 42.3 Å². The molecule has 0 radical (unpaired) electrons. The number of carbonyl (C=O) groups is 3. The number of ketones is 1. The van der Waals surface area contributed by atoms with E-state index in [0.717, 1.165) is 12.8 Å². The number of piperidine rings is 1. The molecule has 1 fully saturated rings. The predicted molar refractivity (Wildman–Crippen MR) is 81.3 cm³/mol. The van der Waals surface area contributed by atoms with E-state index in [9.17, 15) is 14.4 Å². The average Bonchev–Trinajstić information content (AvgIpc) is 3.06. The fourth-order valence-corrected chi connectivity index (χ4v) is 3.18. The van der Waals surface area contributed by atoms with Crippen LogP contribution in [0.15, 0.2) is 17.5 Å². The summed E-state index contributed by atoms with van der Waals surface area (Å²) in [5, 5.41) is 4.50. The quantitative estimate of drug-likeness (QED) is 0.844. The summed E-state index contributed by atoms with van der Waals surface area (Å²) in [7, 11) is 0. The molecule has 1 aromatic heterocycles. The number of carbonyl (C=O) groups excluding carboxylic acids is 3. The zero-order valence-electron chi connectivity index (χ0n) is 12.1. The molecule has 1 unspecified atom stereocenters. The molecule has 114 valence electrons. The standard InChI is InChI=1S/C15H20N2O3S/c1-2-14(19)17-8-4-3-6-11(17)15(20)16-10-12(18)13-7-5-9-21-13/h5,7,9,11H,2-4,6,8,10H2,1H3,(H,16,20). The summed E-state index contributed by atoms with van der Waals surface area (Å²) in [5.74, 6) is -0.316. The van der Waals surface area contributed by atoms with E-state index in [1.807, 2.05) is 11.4 Å². The molecule has 2 heterocycles. The third-order valence-corrected chi connectivity index (χ3v) is 4.56. The second kappa shape index (κ2) is 7.36. The highest BCUT2D eigenvalue weighted by atomic mass is 32.1. The smallest absolute Gasteiger partial charge is 0.243 e. The van der Waals surface area contributed by atoms with Crippen molar-refractivity contribution in [3.05, 3.63) is 22.4 Å². The number of thiophene rings is 1. The van der Waals surface area contributed by atoms with Crippen molar-refractivity contribution >= 4 is 28.9 Å². The van der Waals surface area contributed by atoms with Crippen LogP contribution in [0.5, 0.6) is 0 Å². The first-order chi connectivity index (χ1) is 10.1. The highest BCUT2D eigenvalue weighted by Crippen LogP contribution is 2.18. The average molecular weight is 308 g/mol. The maximum absolute atomic E-state index is 12.2. The minimum absolute atomic E-state index is 0.000525. The van der Waals surface area contributed by atoms with Crippen LogP contribution in [0.2, 0.25) is 0 Å². The van der Waals surface area contributed by atoms with Crippen molar-refractivity contribution in [2.24, 2.45) is 0 Å². The van der Waals surface area contributed by atoms with Crippen LogP contribution < -0.4 is 5.32 Å². The molecule has 1 aliphatic heterocycles. The molecule has 6 heteroatoms. The van der Waals surface area contributed by atoms with Gasteiger partial charge in [-0.1, -0.05) is 13.0 Å². The SMILES string of the molecule is CCC(=O)N1CCCCC1C(=O)NCC(=O)c1cccs1. The number of Topliss-reactive ketones (excluding diaryl/α,β-unsaturated/α-hetero) is 1. The van der Waals surface area contributed by atoms with Gasteiger partial charge in [-0.25, -0.2) is 0 Å². The van der Waals surface area contributed by atoms with Crippen LogP contribution in [-0.2, 0) is 9.59 Å². The van der Waals surface area contributed by atoms with Crippen LogP contribution in [-0.4, -0.2) is 41.6 Å². The second-order valence-corrected chi connectivity index (χ2v) is 6.02. The van der Waals surface area contributed by atoms with Crippen LogP contribution in [0.3, 0.4) is 0 Å². The molecule has 2 rings (SSSR count). The van der Waals surface area contributed by atoms with E-state index in [4.69, 9.17) is 0 Å². The summed E-state index contributed by atoms with van der Waals surface area (Å²) >= 11 is 1.36. The number of amides is 2. The fraction of sp³-hybridized carbons (Fsp3) is 0.533. The Morgan fingerprint density at radius 3 is 2.86 bits per heavy atom. The molecule has 1 aromatic rings. The van der Waals surface area contributed by atoms with Crippen molar-refractivity contribution in [3.63, 3.8) is 0 Å². The highest BCUT2D eigenvalue weighted by Gasteiger charge is 2.31. The van der Waals surface area contributed by atoms with Gasteiger partial charge in [0.2, 0.25) is 11.8 Å². The first-order valence-corrected chi connectivity index (χ1v) is 8.15. The normalized spacial score (nSPS) is 18.3. The number of hydrogen-bond donors (Lipinski definition) is 1. The number of hydrogen-bond acceptors (Lipinski definition) is 4. The lowest BCUT2D eigenvalue weighted by Gasteiger charge is -2.34. The van der Waals surface area contributed by atoms with Crippen molar-refractivity contribution in [2.45, 2.75) is 38.6 Å². The third kappa shape index (κ3) is 3.91. The Kier molecular flexibility index (Phi) is 5.50.